The molecule has 4 aromatic carbocycles. The molecule has 1 saturated heterocycles. The number of carbonyl (C=O) groups is 3. The smallest absolute Gasteiger partial charge is 0.355 e. The fourth-order valence-corrected chi connectivity index (χ4v) is 5.83. The van der Waals surface area contributed by atoms with Crippen LogP contribution in [0, 0.1) is 31.4 Å². The Balaban J connectivity index is 0.000000291. The van der Waals surface area contributed by atoms with Crippen molar-refractivity contribution in [1.29, 1.82) is 5.26 Å². The minimum absolute atomic E-state index is 0.0244. The Hall–Kier alpha value is -6.96. The average Bonchev–Trinajstić information content (AvgIpc) is 3.38. The number of nitrogens with one attached hydrogen (secondary N) is 3. The highest BCUT2D eigenvalue weighted by molar-refractivity contribution is 7.81. The lowest BCUT2D eigenvalue weighted by Crippen LogP contribution is -2.44. The van der Waals surface area contributed by atoms with Crippen LogP contribution in [0.2, 0.25) is 0 Å². The van der Waals surface area contributed by atoms with Crippen molar-refractivity contribution in [3.05, 3.63) is 136 Å². The number of rotatable bonds is 7. The topological polar surface area (TPSA) is 139 Å². The predicted octanol–water partition coefficient (Wildman–Crippen LogP) is 9.25. The minimum Gasteiger partial charge on any atom is -0.355 e. The van der Waals surface area contributed by atoms with Gasteiger partial charge in [-0.2, -0.15) is 23.4 Å². The summed E-state index contributed by atoms with van der Waals surface area (Å²) in [7, 11) is 0. The standard InChI is InChI=1S/C21H20N4O2S.C12H15N3O.C9H3F3N2S/c1-13-12-16(10-11-17(13)22-4)24-19(27)21(2,3)25(20(24)28)15-8-6-14(7-9-15)18(26)23-5;1-12(2,14-4)15-10-7-5-9(6-8-10)11(16)13-3;10-9(11,12)8-3-7(14-5-15)2-1-6(8)4-13/h6-12H,1-3,5H3,(H,23,26);5-8,15H,1-3H3,(H,13,16);1-3H/i5D3,6D;3D3,5D;. The van der Waals surface area contributed by atoms with Gasteiger partial charge in [0.2, 0.25) is 0 Å². The van der Waals surface area contributed by atoms with Gasteiger partial charge in [0.25, 0.3) is 23.4 Å². The molecule has 59 heavy (non-hydrogen) atoms. The summed E-state index contributed by atoms with van der Waals surface area (Å²) in [6, 6.07) is 17.7. The van der Waals surface area contributed by atoms with Crippen LogP contribution in [0.4, 0.5) is 41.6 Å². The van der Waals surface area contributed by atoms with Gasteiger partial charge in [0.15, 0.2) is 10.8 Å². The molecule has 0 aromatic heterocycles. The highest BCUT2D eigenvalue weighted by atomic mass is 32.1. The van der Waals surface area contributed by atoms with Crippen molar-refractivity contribution in [3.8, 4) is 6.07 Å². The highest BCUT2D eigenvalue weighted by Gasteiger charge is 2.50. The average molecular weight is 846 g/mol. The number of nitrogens with zero attached hydrogens (tertiary/aromatic N) is 6. The van der Waals surface area contributed by atoms with Crippen molar-refractivity contribution in [2.24, 2.45) is 4.99 Å². The van der Waals surface area contributed by atoms with Crippen LogP contribution >= 0.6 is 24.4 Å². The monoisotopic (exact) mass is 845 g/mol. The number of aliphatic imine (C=N–C) groups is 1. The van der Waals surface area contributed by atoms with Crippen LogP contribution in [0.1, 0.15) is 76.1 Å². The SMILES string of the molecule is N#Cc1ccc(N=C=S)cc1C(F)(F)F.[2H]c1cc(N2C(=S)N(c3ccc([N+]#[C-])c(C)c3)C(=O)C2(C)C)ccc1C(=O)NC([2H])([2H])[2H].[2H]c1cc(NC(C)(C)[N+]#[C-])ccc1C(=O)NC([2H])([2H])[2H]. The molecule has 0 unspecified atom stereocenters. The number of aryl methyl sites for hydroxylation is 1. The van der Waals surface area contributed by atoms with Crippen LogP contribution in [-0.4, -0.2) is 53.1 Å². The largest absolute Gasteiger partial charge is 0.417 e. The Morgan fingerprint density at radius 2 is 1.56 bits per heavy atom. The van der Waals surface area contributed by atoms with Crippen LogP contribution in [0.5, 0.6) is 0 Å². The van der Waals surface area contributed by atoms with E-state index in [9.17, 15) is 27.6 Å². The number of carbonyl (C=O) groups excluding carboxylic acids is 3. The molecule has 0 spiro atoms. The molecular weight excluding hydrogens is 800 g/mol. The van der Waals surface area contributed by atoms with Crippen molar-refractivity contribution < 1.29 is 38.5 Å². The summed E-state index contributed by atoms with van der Waals surface area (Å²) in [6.45, 7) is 17.5. The van der Waals surface area contributed by atoms with E-state index in [4.69, 9.17) is 41.6 Å². The Labute approximate surface area is 362 Å². The first kappa shape index (κ1) is 35.2. The lowest BCUT2D eigenvalue weighted by atomic mass is 10.0. The molecule has 3 amide bonds. The van der Waals surface area contributed by atoms with E-state index in [-0.39, 0.29) is 39.9 Å². The zero-order valence-electron chi connectivity index (χ0n) is 39.8. The minimum atomic E-state index is -4.57. The molecule has 0 bridgehead atoms. The lowest BCUT2D eigenvalue weighted by Gasteiger charge is -2.29. The number of benzene rings is 4. The zero-order valence-corrected chi connectivity index (χ0v) is 33.4. The number of amides is 3. The van der Waals surface area contributed by atoms with Gasteiger partial charge in [-0.05, 0) is 130 Å². The number of isothiocyanates is 1. The molecule has 12 nitrogen and oxygen atoms in total. The maximum absolute atomic E-state index is 13.3. The molecule has 0 atom stereocenters. The first-order valence-electron chi connectivity index (χ1n) is 20.7. The van der Waals surface area contributed by atoms with E-state index in [0.29, 0.717) is 28.3 Å². The van der Waals surface area contributed by atoms with Gasteiger partial charge in [-0.15, -0.1) is 0 Å². The van der Waals surface area contributed by atoms with E-state index in [1.807, 2.05) is 15.8 Å². The molecule has 3 N–H and O–H groups in total. The quantitative estimate of drug-likeness (QED) is 0.0951. The molecule has 0 aliphatic carbocycles. The van der Waals surface area contributed by atoms with Crippen LogP contribution in [0.15, 0.2) is 89.9 Å². The van der Waals surface area contributed by atoms with Crippen molar-refractivity contribution in [1.82, 2.24) is 10.6 Å². The number of hydrogen-bond acceptors (Lipinski definition) is 8. The first-order valence-corrected chi connectivity index (χ1v) is 17.5. The third-order valence-electron chi connectivity index (χ3n) is 8.14. The molecule has 1 heterocycles. The van der Waals surface area contributed by atoms with Gasteiger partial charge < -0.3 is 20.9 Å². The van der Waals surface area contributed by atoms with E-state index in [0.717, 1.165) is 12.1 Å². The molecule has 4 aromatic rings. The molecule has 0 saturated carbocycles. The summed E-state index contributed by atoms with van der Waals surface area (Å²) in [5.41, 5.74) is -0.836. The predicted molar refractivity (Wildman–Crippen MR) is 229 cm³/mol. The molecular formula is C42H38F3N9O3S2. The van der Waals surface area contributed by atoms with Gasteiger partial charge in [-0.1, -0.05) is 6.07 Å². The van der Waals surface area contributed by atoms with Gasteiger partial charge in [-0.25, -0.2) is 11.4 Å². The Bertz CT molecular complexity index is 2790. The number of alkyl halides is 3. The van der Waals surface area contributed by atoms with Crippen LogP contribution in [0.3, 0.4) is 0 Å². The lowest BCUT2D eigenvalue weighted by molar-refractivity contribution is -0.137. The van der Waals surface area contributed by atoms with Crippen molar-refractivity contribution in [2.75, 3.05) is 29.1 Å². The molecule has 1 fully saturated rings. The van der Waals surface area contributed by atoms with Gasteiger partial charge in [0, 0.05) is 64.2 Å². The van der Waals surface area contributed by atoms with Crippen LogP contribution < -0.4 is 25.8 Å². The summed E-state index contributed by atoms with van der Waals surface area (Å²) in [5.74, 6) is -2.00. The summed E-state index contributed by atoms with van der Waals surface area (Å²) in [6.07, 6.45) is -4.57. The summed E-state index contributed by atoms with van der Waals surface area (Å²) in [4.78, 5) is 50.3. The Morgan fingerprint density at radius 3 is 2.07 bits per heavy atom. The zero-order chi connectivity index (χ0) is 51.0. The second-order valence-electron chi connectivity index (χ2n) is 13.1. The number of hydrogen-bond donors (Lipinski definition) is 3. The molecule has 1 aliphatic heterocycles. The van der Waals surface area contributed by atoms with Gasteiger partial charge in [0.05, 0.1) is 37.4 Å². The third-order valence-corrected chi connectivity index (χ3v) is 8.60. The van der Waals surface area contributed by atoms with E-state index in [2.05, 4.69) is 32.2 Å². The number of nitriles is 1. The van der Waals surface area contributed by atoms with Crippen molar-refractivity contribution >= 4 is 80.9 Å². The van der Waals surface area contributed by atoms with E-state index >= 15 is 0 Å². The number of anilines is 3. The Kier molecular flexibility index (Phi) is 11.6. The maximum atomic E-state index is 13.3. The van der Waals surface area contributed by atoms with E-state index in [1.54, 1.807) is 57.7 Å². The molecule has 1 aliphatic rings. The molecule has 302 valence electrons. The second-order valence-corrected chi connectivity index (χ2v) is 13.6. The third kappa shape index (κ3) is 11.3. The summed E-state index contributed by atoms with van der Waals surface area (Å²) < 4.78 is 95.6. The van der Waals surface area contributed by atoms with Gasteiger partial charge in [-0.3, -0.25) is 24.1 Å². The summed E-state index contributed by atoms with van der Waals surface area (Å²) in [5, 5.41) is 17.2. The normalized spacial score (nSPS) is 15.2. The van der Waals surface area contributed by atoms with Gasteiger partial charge >= 0.3 is 6.18 Å². The Morgan fingerprint density at radius 1 is 0.949 bits per heavy atom. The molecule has 17 heteroatoms. The summed E-state index contributed by atoms with van der Waals surface area (Å²) >= 11 is 9.88. The molecule has 0 radical (unpaired) electrons. The van der Waals surface area contributed by atoms with Crippen molar-refractivity contribution in [2.45, 2.75) is 52.0 Å². The van der Waals surface area contributed by atoms with E-state index < -0.39 is 54.3 Å². The fourth-order valence-electron chi connectivity index (χ4n) is 5.20. The maximum Gasteiger partial charge on any atom is 0.417 e. The fraction of sp³-hybridized carbons (Fsp3) is 0.238. The molecule has 5 rings (SSSR count). The highest BCUT2D eigenvalue weighted by Crippen LogP contribution is 2.38. The van der Waals surface area contributed by atoms with E-state index in [1.165, 1.54) is 53.4 Å². The second kappa shape index (κ2) is 19.5. The van der Waals surface area contributed by atoms with Gasteiger partial charge in [0.1, 0.15) is 5.54 Å². The van der Waals surface area contributed by atoms with Crippen LogP contribution in [-0.2, 0) is 11.0 Å². The van der Waals surface area contributed by atoms with Crippen LogP contribution in [0.25, 0.3) is 9.69 Å². The van der Waals surface area contributed by atoms with Crippen molar-refractivity contribution in [3.63, 3.8) is 0 Å². The first-order chi connectivity index (χ1) is 30.8. The number of halogens is 3. The number of thiocarbonyl (C=S) groups is 2.